The van der Waals surface area contributed by atoms with Crippen molar-refractivity contribution in [3.05, 3.63) is 47.7 Å². The number of nitrogens with zero attached hydrogens (tertiary/aromatic N) is 4. The van der Waals surface area contributed by atoms with Gasteiger partial charge in [-0.15, -0.1) is 5.10 Å². The molecule has 106 valence electrons. The first-order valence-corrected chi connectivity index (χ1v) is 6.17. The molecule has 0 radical (unpaired) electrons. The highest BCUT2D eigenvalue weighted by Crippen LogP contribution is 2.21. The molecule has 0 atom stereocenters. The predicted molar refractivity (Wildman–Crippen MR) is 72.3 cm³/mol. The van der Waals surface area contributed by atoms with Gasteiger partial charge < -0.3 is 4.74 Å². The fourth-order valence-corrected chi connectivity index (χ4v) is 1.94. The molecule has 7 heteroatoms. The topological polar surface area (TPSA) is 69.4 Å². The van der Waals surface area contributed by atoms with Crippen molar-refractivity contribution in [2.45, 2.75) is 6.92 Å². The highest BCUT2D eigenvalue weighted by Gasteiger charge is 2.16. The van der Waals surface area contributed by atoms with Crippen LogP contribution in [0.3, 0.4) is 0 Å². The number of aryl methyl sites for hydroxylation is 1. The van der Waals surface area contributed by atoms with Gasteiger partial charge in [0.2, 0.25) is 0 Å². The van der Waals surface area contributed by atoms with Gasteiger partial charge in [0.25, 0.3) is 11.6 Å². The summed E-state index contributed by atoms with van der Waals surface area (Å²) in [6.45, 7) is 1.69. The standard InChI is InChI=1S/C14H11FN4O2/c1-8-3-4-9(7-10(8)15)11-5-6-16-14-17-12(13(20)21-2)18-19(11)14/h3-7H,1-2H3. The highest BCUT2D eigenvalue weighted by atomic mass is 19.1. The van der Waals surface area contributed by atoms with Crippen molar-refractivity contribution in [1.29, 1.82) is 0 Å². The Labute approximate surface area is 119 Å². The number of hydrogen-bond acceptors (Lipinski definition) is 5. The Bertz CT molecular complexity index is 844. The van der Waals surface area contributed by atoms with Gasteiger partial charge >= 0.3 is 5.97 Å². The molecule has 3 aromatic rings. The molecule has 1 aromatic carbocycles. The fraction of sp³-hybridized carbons (Fsp3) is 0.143. The number of methoxy groups -OCH3 is 1. The maximum Gasteiger partial charge on any atom is 0.378 e. The van der Waals surface area contributed by atoms with E-state index in [1.165, 1.54) is 23.9 Å². The first kappa shape index (κ1) is 13.2. The molecule has 6 nitrogen and oxygen atoms in total. The van der Waals surface area contributed by atoms with Crippen molar-refractivity contribution in [2.75, 3.05) is 7.11 Å². The summed E-state index contributed by atoms with van der Waals surface area (Å²) < 4.78 is 19.7. The third-order valence-electron chi connectivity index (χ3n) is 3.08. The van der Waals surface area contributed by atoms with Crippen molar-refractivity contribution >= 4 is 11.7 Å². The average molecular weight is 286 g/mol. The maximum absolute atomic E-state index is 13.7. The van der Waals surface area contributed by atoms with E-state index in [1.807, 2.05) is 0 Å². The average Bonchev–Trinajstić information content (AvgIpc) is 2.93. The zero-order chi connectivity index (χ0) is 15.0. The minimum absolute atomic E-state index is 0.0926. The molecule has 0 saturated carbocycles. The normalized spacial score (nSPS) is 10.8. The largest absolute Gasteiger partial charge is 0.463 e. The lowest BCUT2D eigenvalue weighted by Crippen LogP contribution is -2.04. The van der Waals surface area contributed by atoms with Crippen LogP contribution in [0.2, 0.25) is 0 Å². The number of carbonyl (C=O) groups excluding carboxylic acids is 1. The minimum atomic E-state index is -0.651. The van der Waals surface area contributed by atoms with E-state index in [0.717, 1.165) is 0 Å². The maximum atomic E-state index is 13.7. The molecule has 0 bridgehead atoms. The van der Waals surface area contributed by atoms with E-state index in [-0.39, 0.29) is 17.4 Å². The smallest absolute Gasteiger partial charge is 0.378 e. The lowest BCUT2D eigenvalue weighted by molar-refractivity contribution is 0.0587. The van der Waals surface area contributed by atoms with Gasteiger partial charge in [0, 0.05) is 11.8 Å². The van der Waals surface area contributed by atoms with Crippen molar-refractivity contribution in [1.82, 2.24) is 19.6 Å². The molecule has 0 aliphatic heterocycles. The van der Waals surface area contributed by atoms with E-state index in [9.17, 15) is 9.18 Å². The number of benzene rings is 1. The van der Waals surface area contributed by atoms with E-state index in [4.69, 9.17) is 0 Å². The number of aromatic nitrogens is 4. The van der Waals surface area contributed by atoms with Crippen molar-refractivity contribution in [3.63, 3.8) is 0 Å². The van der Waals surface area contributed by atoms with Crippen molar-refractivity contribution in [2.24, 2.45) is 0 Å². The summed E-state index contributed by atoms with van der Waals surface area (Å²) in [5, 5.41) is 4.06. The SMILES string of the molecule is COC(=O)c1nc2nccc(-c3ccc(C)c(F)c3)n2n1. The van der Waals surface area contributed by atoms with Gasteiger partial charge in [-0.1, -0.05) is 12.1 Å². The first-order valence-electron chi connectivity index (χ1n) is 6.17. The Hall–Kier alpha value is -2.83. The number of ether oxygens (including phenoxy) is 1. The van der Waals surface area contributed by atoms with Crippen LogP contribution < -0.4 is 0 Å². The number of rotatable bonds is 2. The number of halogens is 1. The van der Waals surface area contributed by atoms with Gasteiger partial charge in [0.1, 0.15) is 5.82 Å². The third kappa shape index (κ3) is 2.22. The Balaban J connectivity index is 2.20. The minimum Gasteiger partial charge on any atom is -0.463 e. The van der Waals surface area contributed by atoms with Crippen LogP contribution in [-0.2, 0) is 4.74 Å². The summed E-state index contributed by atoms with van der Waals surface area (Å²) in [4.78, 5) is 19.5. The molecule has 0 aliphatic carbocycles. The molecule has 0 amide bonds. The zero-order valence-electron chi connectivity index (χ0n) is 11.4. The molecule has 3 rings (SSSR count). The predicted octanol–water partition coefficient (Wildman–Crippen LogP) is 2.03. The molecule has 0 unspecified atom stereocenters. The van der Waals surface area contributed by atoms with Crippen LogP contribution in [0.15, 0.2) is 30.5 Å². The molecule has 21 heavy (non-hydrogen) atoms. The second kappa shape index (κ2) is 4.93. The summed E-state index contributed by atoms with van der Waals surface area (Å²) in [6, 6.07) is 6.53. The van der Waals surface area contributed by atoms with Crippen molar-refractivity contribution in [3.8, 4) is 11.3 Å². The summed E-state index contributed by atoms with van der Waals surface area (Å²) in [5.41, 5.74) is 1.76. The van der Waals surface area contributed by atoms with Crippen LogP contribution in [0.4, 0.5) is 4.39 Å². The van der Waals surface area contributed by atoms with Crippen LogP contribution in [0.1, 0.15) is 16.2 Å². The Morgan fingerprint density at radius 1 is 1.33 bits per heavy atom. The van der Waals surface area contributed by atoms with E-state index in [2.05, 4.69) is 19.8 Å². The van der Waals surface area contributed by atoms with Crippen LogP contribution in [0, 0.1) is 12.7 Å². The second-order valence-corrected chi connectivity index (χ2v) is 4.43. The quantitative estimate of drug-likeness (QED) is 0.674. The third-order valence-corrected chi connectivity index (χ3v) is 3.08. The van der Waals surface area contributed by atoms with E-state index in [1.54, 1.807) is 25.1 Å². The van der Waals surface area contributed by atoms with Gasteiger partial charge in [-0.05, 0) is 24.6 Å². The van der Waals surface area contributed by atoms with E-state index in [0.29, 0.717) is 16.8 Å². The van der Waals surface area contributed by atoms with Gasteiger partial charge in [0.15, 0.2) is 0 Å². The lowest BCUT2D eigenvalue weighted by Gasteiger charge is -2.04. The first-order chi connectivity index (χ1) is 10.1. The van der Waals surface area contributed by atoms with E-state index < -0.39 is 5.97 Å². The second-order valence-electron chi connectivity index (χ2n) is 4.43. The van der Waals surface area contributed by atoms with Crippen LogP contribution in [0.25, 0.3) is 17.0 Å². The Kier molecular flexibility index (Phi) is 3.09. The van der Waals surface area contributed by atoms with Crippen LogP contribution in [-0.4, -0.2) is 32.7 Å². The molecule has 0 aliphatic rings. The number of carbonyl (C=O) groups is 1. The molecule has 0 N–H and O–H groups in total. The molecular weight excluding hydrogens is 275 g/mol. The number of fused-ring (bicyclic) bond motifs is 1. The zero-order valence-corrected chi connectivity index (χ0v) is 11.4. The summed E-state index contributed by atoms with van der Waals surface area (Å²) >= 11 is 0. The fourth-order valence-electron chi connectivity index (χ4n) is 1.94. The molecule has 2 heterocycles. The van der Waals surface area contributed by atoms with Gasteiger partial charge in [-0.2, -0.15) is 9.50 Å². The Morgan fingerprint density at radius 2 is 2.14 bits per heavy atom. The summed E-state index contributed by atoms with van der Waals surface area (Å²) in [5.74, 6) is -0.814. The monoisotopic (exact) mass is 286 g/mol. The van der Waals surface area contributed by atoms with Gasteiger partial charge in [-0.25, -0.2) is 14.2 Å². The molecule has 2 aromatic heterocycles. The van der Waals surface area contributed by atoms with E-state index >= 15 is 0 Å². The van der Waals surface area contributed by atoms with Crippen molar-refractivity contribution < 1.29 is 13.9 Å². The van der Waals surface area contributed by atoms with Gasteiger partial charge in [0.05, 0.1) is 12.8 Å². The number of hydrogen-bond donors (Lipinski definition) is 0. The molecule has 0 fully saturated rings. The number of esters is 1. The van der Waals surface area contributed by atoms with Crippen LogP contribution >= 0.6 is 0 Å². The highest BCUT2D eigenvalue weighted by molar-refractivity contribution is 5.85. The lowest BCUT2D eigenvalue weighted by atomic mass is 10.1. The van der Waals surface area contributed by atoms with Gasteiger partial charge in [-0.3, -0.25) is 0 Å². The molecular formula is C14H11FN4O2. The summed E-state index contributed by atoms with van der Waals surface area (Å²) in [6.07, 6.45) is 1.53. The molecule has 0 saturated heterocycles. The molecule has 0 spiro atoms. The van der Waals surface area contributed by atoms with Crippen LogP contribution in [0.5, 0.6) is 0 Å². The Morgan fingerprint density at radius 3 is 2.86 bits per heavy atom. The summed E-state index contributed by atoms with van der Waals surface area (Å²) in [7, 11) is 1.25.